The fourth-order valence-corrected chi connectivity index (χ4v) is 4.61. The number of amides is 1. The predicted molar refractivity (Wildman–Crippen MR) is 118 cm³/mol. The number of nitrogens with zero attached hydrogens (tertiary/aromatic N) is 6. The van der Waals surface area contributed by atoms with Crippen LogP contribution < -0.4 is 16.0 Å². The van der Waals surface area contributed by atoms with Crippen LogP contribution in [0.5, 0.6) is 0 Å². The normalized spacial score (nSPS) is 20.8. The van der Waals surface area contributed by atoms with Crippen LogP contribution in [-0.2, 0) is 18.4 Å². The predicted octanol–water partition coefficient (Wildman–Crippen LogP) is 1.98. The van der Waals surface area contributed by atoms with Gasteiger partial charge in [0.2, 0.25) is 0 Å². The summed E-state index contributed by atoms with van der Waals surface area (Å²) in [5.41, 5.74) is 4.30. The fourth-order valence-electron chi connectivity index (χ4n) is 4.61. The molecule has 3 aromatic heterocycles. The summed E-state index contributed by atoms with van der Waals surface area (Å²) in [4.78, 5) is 17.8. The zero-order valence-electron chi connectivity index (χ0n) is 17.8. The van der Waals surface area contributed by atoms with E-state index in [9.17, 15) is 4.79 Å². The van der Waals surface area contributed by atoms with Crippen LogP contribution in [0.1, 0.15) is 35.2 Å². The lowest BCUT2D eigenvalue weighted by atomic mass is 10.1. The first-order valence-corrected chi connectivity index (χ1v) is 10.7. The van der Waals surface area contributed by atoms with Crippen LogP contribution in [0.25, 0.3) is 16.7 Å². The number of hydrogen-bond donors (Lipinski definition) is 3. The van der Waals surface area contributed by atoms with Crippen LogP contribution >= 0.6 is 0 Å². The molecule has 2 aliphatic rings. The highest BCUT2D eigenvalue weighted by molar-refractivity contribution is 6.00. The molecule has 0 spiro atoms. The quantitative estimate of drug-likeness (QED) is 0.416. The van der Waals surface area contributed by atoms with Crippen molar-refractivity contribution in [1.29, 1.82) is 0 Å². The smallest absolute Gasteiger partial charge is 0.257 e. The summed E-state index contributed by atoms with van der Waals surface area (Å²) in [6.07, 6.45) is 4.31. The van der Waals surface area contributed by atoms with Crippen molar-refractivity contribution in [3.8, 4) is 0 Å². The SMILES string of the molecule is CNc1cc2nc3c(cnn13)C(=O)N[C@H]1CCC[C@@H]1OCc1cc(c3nnn(C)c3c1)N2. The lowest BCUT2D eigenvalue weighted by Gasteiger charge is -2.22. The van der Waals surface area contributed by atoms with Gasteiger partial charge in [-0.2, -0.15) is 9.61 Å². The average molecular weight is 433 g/mol. The number of carbonyl (C=O) groups excluding carboxylic acids is 1. The van der Waals surface area contributed by atoms with Crippen molar-refractivity contribution < 1.29 is 9.53 Å². The Balaban J connectivity index is 1.56. The first-order valence-electron chi connectivity index (χ1n) is 10.7. The maximum atomic E-state index is 13.1. The molecule has 6 rings (SSSR count). The third-order valence-corrected chi connectivity index (χ3v) is 6.25. The standard InChI is InChI=1S/C21H23N9O2/c1-22-18-8-17-24-14-6-11(7-15-19(14)27-28-29(15)2)10-32-16-5-3-4-13(16)25-21(31)12-9-23-30(18)20(12)26-17/h6-9,13,16,22H,3-5,10H2,1-2H3,(H,24,26)(H,25,31)/t13-,16-/m0/s1. The highest BCUT2D eigenvalue weighted by atomic mass is 16.5. The third kappa shape index (κ3) is 2.96. The van der Waals surface area contributed by atoms with Crippen LogP contribution in [0, 0.1) is 0 Å². The van der Waals surface area contributed by atoms with Crippen LogP contribution in [0.4, 0.5) is 17.3 Å². The molecule has 164 valence electrons. The average Bonchev–Trinajstić information content (AvgIpc) is 3.50. The Morgan fingerprint density at radius 2 is 2.16 bits per heavy atom. The number of nitrogens with one attached hydrogen (secondary N) is 3. The van der Waals surface area contributed by atoms with Crippen molar-refractivity contribution in [3.63, 3.8) is 0 Å². The van der Waals surface area contributed by atoms with E-state index in [1.54, 1.807) is 22.4 Å². The van der Waals surface area contributed by atoms with Gasteiger partial charge in [-0.05, 0) is 37.0 Å². The first kappa shape index (κ1) is 19.0. The zero-order chi connectivity index (χ0) is 21.8. The molecule has 0 radical (unpaired) electrons. The van der Waals surface area contributed by atoms with E-state index in [4.69, 9.17) is 9.72 Å². The molecule has 1 aliphatic carbocycles. The number of ether oxygens (including phenoxy) is 1. The number of benzene rings is 1. The molecule has 0 unspecified atom stereocenters. The second-order valence-corrected chi connectivity index (χ2v) is 8.28. The van der Waals surface area contributed by atoms with Crippen molar-refractivity contribution in [2.75, 3.05) is 17.7 Å². The zero-order valence-corrected chi connectivity index (χ0v) is 17.8. The second-order valence-electron chi connectivity index (χ2n) is 8.28. The van der Waals surface area contributed by atoms with Crippen LogP contribution in [0.2, 0.25) is 0 Å². The number of anilines is 3. The van der Waals surface area contributed by atoms with Gasteiger partial charge >= 0.3 is 0 Å². The van der Waals surface area contributed by atoms with Crippen LogP contribution in [-0.4, -0.2) is 54.7 Å². The van der Waals surface area contributed by atoms with E-state index >= 15 is 0 Å². The van der Waals surface area contributed by atoms with Crippen molar-refractivity contribution in [3.05, 3.63) is 35.5 Å². The van der Waals surface area contributed by atoms with E-state index in [0.29, 0.717) is 29.5 Å². The Kier molecular flexibility index (Phi) is 4.25. The highest BCUT2D eigenvalue weighted by Crippen LogP contribution is 2.30. The minimum absolute atomic E-state index is 0.0445. The number of fused-ring (bicyclic) bond motifs is 6. The molecule has 4 heterocycles. The molecule has 1 amide bonds. The lowest BCUT2D eigenvalue weighted by Crippen LogP contribution is -2.41. The highest BCUT2D eigenvalue weighted by Gasteiger charge is 2.31. The number of hydrogen-bond acceptors (Lipinski definition) is 8. The summed E-state index contributed by atoms with van der Waals surface area (Å²) in [5, 5.41) is 22.5. The molecular formula is C21H23N9O2. The van der Waals surface area contributed by atoms with Gasteiger partial charge in [0.15, 0.2) is 5.65 Å². The summed E-state index contributed by atoms with van der Waals surface area (Å²) in [6, 6.07) is 5.85. The Hall–Kier alpha value is -3.73. The van der Waals surface area contributed by atoms with Crippen molar-refractivity contribution in [2.45, 2.75) is 38.0 Å². The maximum Gasteiger partial charge on any atom is 0.257 e. The maximum absolute atomic E-state index is 13.1. The fraction of sp³-hybridized carbons (Fsp3) is 0.381. The monoisotopic (exact) mass is 433 g/mol. The minimum atomic E-state index is -0.195. The lowest BCUT2D eigenvalue weighted by molar-refractivity contribution is 0.0273. The topological polar surface area (TPSA) is 123 Å². The number of aromatic nitrogens is 6. The van der Waals surface area contributed by atoms with E-state index in [2.05, 4.69) is 31.4 Å². The molecule has 2 atom stereocenters. The van der Waals surface area contributed by atoms with Gasteiger partial charge < -0.3 is 20.7 Å². The van der Waals surface area contributed by atoms with Gasteiger partial charge in [0.05, 0.1) is 36.2 Å². The number of rotatable bonds is 1. The second kappa shape index (κ2) is 7.16. The van der Waals surface area contributed by atoms with Gasteiger partial charge in [0, 0.05) is 20.2 Å². The van der Waals surface area contributed by atoms with Gasteiger partial charge in [-0.1, -0.05) is 5.21 Å². The Morgan fingerprint density at radius 3 is 3.03 bits per heavy atom. The van der Waals surface area contributed by atoms with Gasteiger partial charge in [-0.15, -0.1) is 5.10 Å². The molecule has 32 heavy (non-hydrogen) atoms. The largest absolute Gasteiger partial charge is 0.373 e. The molecule has 4 aromatic rings. The molecule has 1 aliphatic heterocycles. The number of carbonyl (C=O) groups is 1. The van der Waals surface area contributed by atoms with E-state index in [1.807, 2.05) is 25.2 Å². The van der Waals surface area contributed by atoms with Crippen molar-refractivity contribution in [2.24, 2.45) is 7.05 Å². The molecule has 11 nitrogen and oxygen atoms in total. The number of aryl methyl sites for hydroxylation is 1. The molecule has 4 bridgehead atoms. The first-order chi connectivity index (χ1) is 15.6. The Bertz CT molecular complexity index is 1360. The van der Waals surface area contributed by atoms with E-state index in [0.717, 1.165) is 41.5 Å². The van der Waals surface area contributed by atoms with Crippen molar-refractivity contribution >= 4 is 39.9 Å². The molecule has 0 saturated heterocycles. The van der Waals surface area contributed by atoms with E-state index in [-0.39, 0.29) is 18.1 Å². The van der Waals surface area contributed by atoms with Gasteiger partial charge in [0.1, 0.15) is 22.7 Å². The van der Waals surface area contributed by atoms with E-state index < -0.39 is 0 Å². The summed E-state index contributed by atoms with van der Waals surface area (Å²) < 4.78 is 9.64. The third-order valence-electron chi connectivity index (χ3n) is 6.25. The Labute approximate surface area is 183 Å². The summed E-state index contributed by atoms with van der Waals surface area (Å²) >= 11 is 0. The molecule has 3 N–H and O–H groups in total. The van der Waals surface area contributed by atoms with Gasteiger partial charge in [0.25, 0.3) is 5.91 Å². The Morgan fingerprint density at radius 1 is 1.25 bits per heavy atom. The van der Waals surface area contributed by atoms with Crippen LogP contribution in [0.3, 0.4) is 0 Å². The van der Waals surface area contributed by atoms with Crippen LogP contribution in [0.15, 0.2) is 24.4 Å². The molecule has 11 heteroatoms. The van der Waals surface area contributed by atoms with Crippen molar-refractivity contribution in [1.82, 2.24) is 34.9 Å². The van der Waals surface area contributed by atoms with E-state index in [1.165, 1.54) is 0 Å². The summed E-state index contributed by atoms with van der Waals surface area (Å²) in [6.45, 7) is 0.431. The molecule has 1 aromatic carbocycles. The molecule has 1 fully saturated rings. The molecule has 1 saturated carbocycles. The summed E-state index contributed by atoms with van der Waals surface area (Å²) in [5.74, 6) is 1.08. The van der Waals surface area contributed by atoms with Gasteiger partial charge in [-0.3, -0.25) is 4.79 Å². The minimum Gasteiger partial charge on any atom is -0.373 e. The summed E-state index contributed by atoms with van der Waals surface area (Å²) in [7, 11) is 3.67. The van der Waals surface area contributed by atoms with Gasteiger partial charge in [-0.25, -0.2) is 9.67 Å². The molecular weight excluding hydrogens is 410 g/mol.